The topological polar surface area (TPSA) is 64.7 Å². The highest BCUT2D eigenvalue weighted by atomic mass is 32.1. The lowest BCUT2D eigenvalue weighted by Gasteiger charge is -2.35. The number of benzene rings is 3. The van der Waals surface area contributed by atoms with Gasteiger partial charge in [-0.25, -0.2) is 4.39 Å². The molecule has 2 aliphatic rings. The van der Waals surface area contributed by atoms with Gasteiger partial charge >= 0.3 is 0 Å². The van der Waals surface area contributed by atoms with Gasteiger partial charge in [-0.2, -0.15) is 0 Å². The Morgan fingerprint density at radius 1 is 0.891 bits per heavy atom. The number of nitrogens with one attached hydrogen (secondary N) is 2. The summed E-state index contributed by atoms with van der Waals surface area (Å²) in [5, 5.41) is 7.68. The van der Waals surface area contributed by atoms with Crippen molar-refractivity contribution in [1.82, 2.24) is 20.4 Å². The maximum absolute atomic E-state index is 14.1. The second-order valence-electron chi connectivity index (χ2n) is 13.1. The fraction of sp³-hybridized carbons (Fsp3) is 0.421. The second kappa shape index (κ2) is 14.9. The van der Waals surface area contributed by atoms with Gasteiger partial charge in [0.2, 0.25) is 5.91 Å². The van der Waals surface area contributed by atoms with Gasteiger partial charge in [0.05, 0.1) is 4.88 Å². The Kier molecular flexibility index (Phi) is 10.5. The van der Waals surface area contributed by atoms with Gasteiger partial charge in [-0.1, -0.05) is 67.4 Å². The summed E-state index contributed by atoms with van der Waals surface area (Å²) in [6, 6.07) is 25.3. The number of carbonyl (C=O) groups excluding carboxylic acids is 2. The van der Waals surface area contributed by atoms with Crippen molar-refractivity contribution in [2.24, 2.45) is 0 Å². The third-order valence-electron chi connectivity index (χ3n) is 9.62. The molecular weight excluding hydrogens is 596 g/mol. The Hall–Kier alpha value is -3.59. The van der Waals surface area contributed by atoms with Gasteiger partial charge in [0.25, 0.3) is 5.91 Å². The summed E-state index contributed by atoms with van der Waals surface area (Å²) in [6.07, 6.45) is 5.79. The van der Waals surface area contributed by atoms with Crippen LogP contribution in [0.1, 0.15) is 64.9 Å². The van der Waals surface area contributed by atoms with E-state index in [4.69, 9.17) is 0 Å². The number of thiophene rings is 1. The van der Waals surface area contributed by atoms with Crippen LogP contribution in [0.2, 0.25) is 0 Å². The quantitative estimate of drug-likeness (QED) is 0.181. The zero-order valence-corrected chi connectivity index (χ0v) is 27.6. The van der Waals surface area contributed by atoms with E-state index in [1.165, 1.54) is 34.6 Å². The van der Waals surface area contributed by atoms with Crippen LogP contribution < -0.4 is 10.6 Å². The number of amides is 2. The maximum Gasteiger partial charge on any atom is 0.262 e. The highest BCUT2D eigenvalue weighted by Crippen LogP contribution is 2.32. The van der Waals surface area contributed by atoms with Crippen LogP contribution in [0.15, 0.2) is 78.9 Å². The largest absolute Gasteiger partial charge is 0.351 e. The predicted octanol–water partition coefficient (Wildman–Crippen LogP) is 6.72. The van der Waals surface area contributed by atoms with E-state index in [1.54, 1.807) is 0 Å². The van der Waals surface area contributed by atoms with Crippen molar-refractivity contribution in [3.63, 3.8) is 0 Å². The number of nitrogens with zero attached hydrogens (tertiary/aromatic N) is 2. The molecule has 0 unspecified atom stereocenters. The van der Waals surface area contributed by atoms with Crippen molar-refractivity contribution in [3.8, 4) is 0 Å². The van der Waals surface area contributed by atoms with Gasteiger partial charge in [-0.15, -0.1) is 11.3 Å². The fourth-order valence-corrected chi connectivity index (χ4v) is 8.00. The lowest BCUT2D eigenvalue weighted by Crippen LogP contribution is -2.59. The van der Waals surface area contributed by atoms with Crippen LogP contribution >= 0.6 is 11.3 Å². The third-order valence-corrected chi connectivity index (χ3v) is 10.7. The van der Waals surface area contributed by atoms with Gasteiger partial charge in [-0.3, -0.25) is 14.5 Å². The monoisotopic (exact) mass is 640 g/mol. The zero-order chi connectivity index (χ0) is 31.9. The van der Waals surface area contributed by atoms with Crippen LogP contribution in [-0.4, -0.2) is 65.9 Å². The van der Waals surface area contributed by atoms with E-state index < -0.39 is 5.54 Å². The van der Waals surface area contributed by atoms with Crippen LogP contribution in [0.3, 0.4) is 0 Å². The number of aryl methyl sites for hydroxylation is 1. The molecule has 2 heterocycles. The van der Waals surface area contributed by atoms with E-state index in [2.05, 4.69) is 57.7 Å². The molecule has 2 N–H and O–H groups in total. The molecule has 2 amide bonds. The molecule has 4 aromatic rings. The van der Waals surface area contributed by atoms with Gasteiger partial charge in [-0.05, 0) is 91.9 Å². The lowest BCUT2D eigenvalue weighted by atomic mass is 9.94. The molecule has 6 rings (SSSR count). The number of halogens is 1. The Bertz CT molecular complexity index is 1610. The van der Waals surface area contributed by atoms with Gasteiger partial charge in [0.1, 0.15) is 11.4 Å². The SMILES string of the molecule is Cc1ccc2cc(C(=O)NC3(C(=O)N[C@@H](CCCN4CCN(Cc5ccc(F)cc5)CC4)Cc4ccccc4)CCCC3)sc2c1. The Labute approximate surface area is 276 Å². The molecule has 2 fully saturated rings. The molecule has 1 atom stereocenters. The van der Waals surface area contributed by atoms with Crippen LogP contribution in [0.4, 0.5) is 4.39 Å². The summed E-state index contributed by atoms with van der Waals surface area (Å²) in [5.74, 6) is -0.402. The molecule has 242 valence electrons. The Morgan fingerprint density at radius 2 is 1.61 bits per heavy atom. The van der Waals surface area contributed by atoms with Crippen LogP contribution in [0.25, 0.3) is 10.1 Å². The Morgan fingerprint density at radius 3 is 2.35 bits per heavy atom. The lowest BCUT2D eigenvalue weighted by molar-refractivity contribution is -0.128. The standard InChI is InChI=1S/C38H45FN4O2S/c1-28-11-14-31-26-35(46-34(31)24-28)36(44)41-38(17-5-6-18-38)37(45)40-33(25-29-8-3-2-4-9-29)10-7-19-42-20-22-43(23-21-42)27-30-12-15-32(39)16-13-30/h2-4,8-9,11-16,24,26,33H,5-7,10,17-23,25,27H2,1H3,(H,40,45)(H,41,44)/t33-/m0/s1. The van der Waals surface area contributed by atoms with Crippen molar-refractivity contribution >= 4 is 33.2 Å². The summed E-state index contributed by atoms with van der Waals surface area (Å²) in [6.45, 7) is 7.87. The first-order valence-electron chi connectivity index (χ1n) is 16.7. The van der Waals surface area contributed by atoms with Crippen molar-refractivity contribution in [2.75, 3.05) is 32.7 Å². The first-order valence-corrected chi connectivity index (χ1v) is 17.5. The minimum Gasteiger partial charge on any atom is -0.351 e. The van der Waals surface area contributed by atoms with Crippen molar-refractivity contribution in [1.29, 1.82) is 0 Å². The molecule has 1 aliphatic carbocycles. The highest BCUT2D eigenvalue weighted by molar-refractivity contribution is 7.20. The fourth-order valence-electron chi connectivity index (χ4n) is 6.94. The molecule has 1 aliphatic heterocycles. The number of piperazine rings is 1. The second-order valence-corrected chi connectivity index (χ2v) is 14.2. The van der Waals surface area contributed by atoms with Crippen LogP contribution in [-0.2, 0) is 17.8 Å². The van der Waals surface area contributed by atoms with E-state index in [-0.39, 0.29) is 23.7 Å². The predicted molar refractivity (Wildman–Crippen MR) is 185 cm³/mol. The average molecular weight is 641 g/mol. The minimum atomic E-state index is -0.876. The Balaban J connectivity index is 1.06. The third kappa shape index (κ3) is 8.21. The first kappa shape index (κ1) is 32.4. The summed E-state index contributed by atoms with van der Waals surface area (Å²) in [4.78, 5) is 33.2. The zero-order valence-electron chi connectivity index (χ0n) is 26.8. The maximum atomic E-state index is 14.1. The smallest absolute Gasteiger partial charge is 0.262 e. The molecule has 0 radical (unpaired) electrons. The van der Waals surface area contributed by atoms with E-state index in [0.717, 1.165) is 87.0 Å². The van der Waals surface area contributed by atoms with Gasteiger partial charge in [0.15, 0.2) is 0 Å². The number of hydrogen-bond donors (Lipinski definition) is 2. The van der Waals surface area contributed by atoms with E-state index in [9.17, 15) is 14.0 Å². The molecule has 8 heteroatoms. The number of rotatable bonds is 12. The average Bonchev–Trinajstić information content (AvgIpc) is 3.71. The minimum absolute atomic E-state index is 0.0173. The van der Waals surface area contributed by atoms with Crippen LogP contribution in [0, 0.1) is 12.7 Å². The summed E-state index contributed by atoms with van der Waals surface area (Å²) >= 11 is 1.49. The highest BCUT2D eigenvalue weighted by Gasteiger charge is 2.43. The number of hydrogen-bond acceptors (Lipinski definition) is 5. The molecule has 1 aromatic heterocycles. The normalized spacial score (nSPS) is 17.6. The summed E-state index contributed by atoms with van der Waals surface area (Å²) < 4.78 is 14.4. The van der Waals surface area contributed by atoms with Crippen molar-refractivity contribution in [3.05, 3.63) is 106 Å². The first-order chi connectivity index (χ1) is 22.3. The molecule has 46 heavy (non-hydrogen) atoms. The van der Waals surface area contributed by atoms with Crippen molar-refractivity contribution < 1.29 is 14.0 Å². The van der Waals surface area contributed by atoms with Crippen molar-refractivity contribution in [2.45, 2.75) is 70.0 Å². The molecule has 1 saturated carbocycles. The number of carbonyl (C=O) groups is 2. The number of fused-ring (bicyclic) bond motifs is 1. The molecule has 0 spiro atoms. The summed E-state index contributed by atoms with van der Waals surface area (Å²) in [5.41, 5.74) is 2.64. The van der Waals surface area contributed by atoms with Gasteiger partial charge < -0.3 is 15.5 Å². The molecular formula is C38H45FN4O2S. The molecule has 6 nitrogen and oxygen atoms in total. The van der Waals surface area contributed by atoms with E-state index in [0.29, 0.717) is 17.7 Å². The molecule has 1 saturated heterocycles. The summed E-state index contributed by atoms with van der Waals surface area (Å²) in [7, 11) is 0. The molecule has 3 aromatic carbocycles. The van der Waals surface area contributed by atoms with E-state index >= 15 is 0 Å². The van der Waals surface area contributed by atoms with E-state index in [1.807, 2.05) is 36.4 Å². The molecule has 0 bridgehead atoms. The van der Waals surface area contributed by atoms with Crippen LogP contribution in [0.5, 0.6) is 0 Å². The van der Waals surface area contributed by atoms with Gasteiger partial charge in [0, 0.05) is 43.5 Å².